The average molecular weight is 167 g/mol. The fourth-order valence-corrected chi connectivity index (χ4v) is 0.723. The lowest BCUT2D eigenvalue weighted by Crippen LogP contribution is -2.16. The molecule has 0 bridgehead atoms. The molecule has 66 valence electrons. The molecule has 0 aliphatic carbocycles. The molecule has 0 radical (unpaired) electrons. The molecule has 0 spiro atoms. The maximum atomic E-state index is 8.95. The van der Waals surface area contributed by atoms with Gasteiger partial charge in [0.2, 0.25) is 5.95 Å². The number of hydrogen-bond acceptors (Lipinski definition) is 4. The summed E-state index contributed by atoms with van der Waals surface area (Å²) in [5.74, 6) is 0.557. The van der Waals surface area contributed by atoms with E-state index >= 15 is 0 Å². The van der Waals surface area contributed by atoms with Gasteiger partial charge in [-0.25, -0.2) is 9.97 Å². The zero-order chi connectivity index (χ0) is 8.97. The first-order chi connectivity index (χ1) is 5.68. The lowest BCUT2D eigenvalue weighted by molar-refractivity contribution is 0.208. The first-order valence-corrected chi connectivity index (χ1v) is 3.89. The smallest absolute Gasteiger partial charge is 0.222 e. The average Bonchev–Trinajstić information content (AvgIpc) is 2.03. The van der Waals surface area contributed by atoms with Crippen molar-refractivity contribution in [3.63, 3.8) is 0 Å². The number of aliphatic hydroxyl groups is 1. The van der Waals surface area contributed by atoms with E-state index in [0.29, 0.717) is 12.5 Å². The maximum absolute atomic E-state index is 8.95. The van der Waals surface area contributed by atoms with E-state index in [1.54, 1.807) is 19.3 Å². The maximum Gasteiger partial charge on any atom is 0.222 e. The predicted octanol–water partition coefficient (Wildman–Crippen LogP) is 0.578. The highest BCUT2D eigenvalue weighted by atomic mass is 16.3. The number of rotatable bonds is 3. The number of aromatic nitrogens is 2. The fraction of sp³-hybridized carbons (Fsp3) is 0.500. The number of nitrogens with one attached hydrogen (secondary N) is 1. The molecule has 1 atom stereocenters. The summed E-state index contributed by atoms with van der Waals surface area (Å²) in [5.41, 5.74) is 1.03. The van der Waals surface area contributed by atoms with Gasteiger partial charge in [-0.2, -0.15) is 0 Å². The van der Waals surface area contributed by atoms with E-state index in [1.807, 2.05) is 6.92 Å². The normalized spacial score (nSPS) is 12.6. The topological polar surface area (TPSA) is 58.0 Å². The number of hydrogen-bond donors (Lipinski definition) is 2. The van der Waals surface area contributed by atoms with Gasteiger partial charge in [-0.05, 0) is 19.4 Å². The molecule has 0 aromatic carbocycles. The molecule has 0 fully saturated rings. The van der Waals surface area contributed by atoms with Crippen LogP contribution in [-0.2, 0) is 0 Å². The third-order valence-electron chi connectivity index (χ3n) is 1.34. The molecule has 0 aliphatic heterocycles. The van der Waals surface area contributed by atoms with Gasteiger partial charge >= 0.3 is 0 Å². The second kappa shape index (κ2) is 4.01. The zero-order valence-electron chi connectivity index (χ0n) is 7.28. The van der Waals surface area contributed by atoms with Crippen molar-refractivity contribution in [3.05, 3.63) is 18.0 Å². The Morgan fingerprint density at radius 2 is 2.08 bits per heavy atom. The number of nitrogens with zero attached hydrogens (tertiary/aromatic N) is 2. The van der Waals surface area contributed by atoms with E-state index in [2.05, 4.69) is 15.3 Å². The van der Waals surface area contributed by atoms with Crippen LogP contribution in [0.2, 0.25) is 0 Å². The van der Waals surface area contributed by atoms with Gasteiger partial charge in [-0.15, -0.1) is 0 Å². The molecule has 12 heavy (non-hydrogen) atoms. The van der Waals surface area contributed by atoms with Crippen molar-refractivity contribution in [1.82, 2.24) is 9.97 Å². The Kier molecular flexibility index (Phi) is 2.99. The first-order valence-electron chi connectivity index (χ1n) is 3.89. The lowest BCUT2D eigenvalue weighted by atomic mass is 10.4. The van der Waals surface area contributed by atoms with Crippen LogP contribution in [0, 0.1) is 6.92 Å². The Labute approximate surface area is 71.7 Å². The molecule has 0 unspecified atom stereocenters. The highest BCUT2D eigenvalue weighted by molar-refractivity contribution is 5.24. The van der Waals surface area contributed by atoms with Crippen molar-refractivity contribution in [1.29, 1.82) is 0 Å². The van der Waals surface area contributed by atoms with Gasteiger partial charge in [-0.3, -0.25) is 0 Å². The van der Waals surface area contributed by atoms with E-state index < -0.39 is 0 Å². The zero-order valence-corrected chi connectivity index (χ0v) is 7.28. The van der Waals surface area contributed by atoms with Crippen LogP contribution in [0.3, 0.4) is 0 Å². The summed E-state index contributed by atoms with van der Waals surface area (Å²) in [6.07, 6.45) is 3.09. The highest BCUT2D eigenvalue weighted by Gasteiger charge is 1.96. The summed E-state index contributed by atoms with van der Waals surface area (Å²) in [4.78, 5) is 8.03. The van der Waals surface area contributed by atoms with Gasteiger partial charge in [0, 0.05) is 18.9 Å². The third-order valence-corrected chi connectivity index (χ3v) is 1.34. The van der Waals surface area contributed by atoms with E-state index in [1.165, 1.54) is 0 Å². The summed E-state index contributed by atoms with van der Waals surface area (Å²) < 4.78 is 0. The lowest BCUT2D eigenvalue weighted by Gasteiger charge is -2.05. The molecule has 0 saturated heterocycles. The largest absolute Gasteiger partial charge is 0.392 e. The molecule has 4 nitrogen and oxygen atoms in total. The summed E-state index contributed by atoms with van der Waals surface area (Å²) in [5, 5.41) is 11.8. The summed E-state index contributed by atoms with van der Waals surface area (Å²) in [7, 11) is 0. The van der Waals surface area contributed by atoms with E-state index in [4.69, 9.17) is 5.11 Å². The molecule has 0 aliphatic rings. The second-order valence-corrected chi connectivity index (χ2v) is 2.81. The minimum Gasteiger partial charge on any atom is -0.392 e. The van der Waals surface area contributed by atoms with Gasteiger partial charge in [0.15, 0.2) is 0 Å². The van der Waals surface area contributed by atoms with Crippen molar-refractivity contribution in [3.8, 4) is 0 Å². The number of aryl methyl sites for hydroxylation is 1. The van der Waals surface area contributed by atoms with Gasteiger partial charge < -0.3 is 10.4 Å². The van der Waals surface area contributed by atoms with Gasteiger partial charge in [0.05, 0.1) is 6.10 Å². The van der Waals surface area contributed by atoms with Crippen molar-refractivity contribution in [2.45, 2.75) is 20.0 Å². The van der Waals surface area contributed by atoms with Crippen LogP contribution in [-0.4, -0.2) is 27.7 Å². The summed E-state index contributed by atoms with van der Waals surface area (Å²) in [6.45, 7) is 4.11. The Balaban J connectivity index is 2.48. The van der Waals surface area contributed by atoms with Crippen LogP contribution in [0.15, 0.2) is 12.4 Å². The molecular weight excluding hydrogens is 154 g/mol. The molecular formula is C8H13N3O. The predicted molar refractivity (Wildman–Crippen MR) is 46.9 cm³/mol. The van der Waals surface area contributed by atoms with Crippen molar-refractivity contribution in [2.75, 3.05) is 11.9 Å². The molecule has 4 heteroatoms. The quantitative estimate of drug-likeness (QED) is 0.691. The van der Waals surface area contributed by atoms with Crippen LogP contribution in [0.5, 0.6) is 0 Å². The first kappa shape index (κ1) is 8.93. The van der Waals surface area contributed by atoms with E-state index in [-0.39, 0.29) is 6.10 Å². The van der Waals surface area contributed by atoms with E-state index in [9.17, 15) is 0 Å². The minimum atomic E-state index is -0.380. The minimum absolute atomic E-state index is 0.380. The number of anilines is 1. The highest BCUT2D eigenvalue weighted by Crippen LogP contribution is 1.97. The summed E-state index contributed by atoms with van der Waals surface area (Å²) in [6, 6.07) is 0. The standard InChI is InChI=1S/C8H13N3O/c1-6-3-9-8(10-4-6)11-5-7(2)12/h3-4,7,12H,5H2,1-2H3,(H,9,10,11)/t7-/m0/s1. The van der Waals surface area contributed by atoms with Gasteiger partial charge in [0.1, 0.15) is 0 Å². The Morgan fingerprint density at radius 1 is 1.50 bits per heavy atom. The molecule has 1 rings (SSSR count). The fourth-order valence-electron chi connectivity index (χ4n) is 0.723. The molecule has 1 aromatic rings. The van der Waals surface area contributed by atoms with Crippen molar-refractivity contribution < 1.29 is 5.11 Å². The van der Waals surface area contributed by atoms with Crippen LogP contribution in [0.25, 0.3) is 0 Å². The SMILES string of the molecule is Cc1cnc(NC[C@H](C)O)nc1. The monoisotopic (exact) mass is 167 g/mol. The Morgan fingerprint density at radius 3 is 2.58 bits per heavy atom. The van der Waals surface area contributed by atoms with Crippen LogP contribution >= 0.6 is 0 Å². The van der Waals surface area contributed by atoms with Crippen LogP contribution in [0.4, 0.5) is 5.95 Å². The van der Waals surface area contributed by atoms with Crippen LogP contribution < -0.4 is 5.32 Å². The number of aliphatic hydroxyl groups excluding tert-OH is 1. The molecule has 1 heterocycles. The van der Waals surface area contributed by atoms with Crippen molar-refractivity contribution >= 4 is 5.95 Å². The molecule has 0 amide bonds. The Hall–Kier alpha value is -1.16. The van der Waals surface area contributed by atoms with Crippen LogP contribution in [0.1, 0.15) is 12.5 Å². The molecule has 0 saturated carbocycles. The summed E-state index contributed by atoms with van der Waals surface area (Å²) >= 11 is 0. The molecule has 1 aromatic heterocycles. The van der Waals surface area contributed by atoms with E-state index in [0.717, 1.165) is 5.56 Å². The van der Waals surface area contributed by atoms with Crippen molar-refractivity contribution in [2.24, 2.45) is 0 Å². The van der Waals surface area contributed by atoms with Gasteiger partial charge in [0.25, 0.3) is 0 Å². The third kappa shape index (κ3) is 2.84. The molecule has 2 N–H and O–H groups in total. The second-order valence-electron chi connectivity index (χ2n) is 2.81. The van der Waals surface area contributed by atoms with Gasteiger partial charge in [-0.1, -0.05) is 0 Å². The Bertz CT molecular complexity index is 233.